The zero-order valence-electron chi connectivity index (χ0n) is 22.0. The first kappa shape index (κ1) is 25.7. The first-order chi connectivity index (χ1) is 19.6. The van der Waals surface area contributed by atoms with E-state index in [1.54, 1.807) is 18.6 Å². The fourth-order valence-corrected chi connectivity index (χ4v) is 4.95. The van der Waals surface area contributed by atoms with Crippen molar-refractivity contribution in [3.8, 4) is 11.1 Å². The van der Waals surface area contributed by atoms with Crippen LogP contribution in [0.5, 0.6) is 0 Å². The third kappa shape index (κ3) is 5.85. The van der Waals surface area contributed by atoms with Crippen molar-refractivity contribution in [2.24, 2.45) is 0 Å². The van der Waals surface area contributed by atoms with E-state index in [-0.39, 0.29) is 11.9 Å². The van der Waals surface area contributed by atoms with E-state index in [1.807, 2.05) is 30.3 Å². The summed E-state index contributed by atoms with van der Waals surface area (Å²) in [6, 6.07) is 20.7. The molecule has 1 aliphatic heterocycles. The third-order valence-electron chi connectivity index (χ3n) is 7.00. The molecule has 8 nitrogen and oxygen atoms in total. The van der Waals surface area contributed by atoms with Crippen molar-refractivity contribution in [3.05, 3.63) is 102 Å². The highest BCUT2D eigenvalue weighted by Gasteiger charge is 2.15. The van der Waals surface area contributed by atoms with Gasteiger partial charge in [-0.2, -0.15) is 0 Å². The van der Waals surface area contributed by atoms with Gasteiger partial charge in [0.25, 0.3) is 0 Å². The molecule has 1 fully saturated rings. The number of hydrogen-bond acceptors (Lipinski definition) is 6. The molecular weight excluding hydrogens is 505 g/mol. The van der Waals surface area contributed by atoms with Gasteiger partial charge in [0.2, 0.25) is 0 Å². The Bertz CT molecular complexity index is 1640. The Kier molecular flexibility index (Phi) is 7.47. The summed E-state index contributed by atoms with van der Waals surface area (Å²) in [7, 11) is 0. The number of aromatic nitrogens is 3. The number of ether oxygens (including phenoxy) is 1. The zero-order valence-corrected chi connectivity index (χ0v) is 22.0. The van der Waals surface area contributed by atoms with Crippen molar-refractivity contribution in [1.29, 1.82) is 0 Å². The van der Waals surface area contributed by atoms with E-state index in [1.165, 1.54) is 12.1 Å². The Morgan fingerprint density at radius 2 is 2.02 bits per heavy atom. The number of fused-ring (bicyclic) bond motifs is 1. The number of nitrogens with zero attached hydrogens (tertiary/aromatic N) is 3. The molecule has 0 aliphatic carbocycles. The van der Waals surface area contributed by atoms with Gasteiger partial charge in [0.05, 0.1) is 23.8 Å². The lowest BCUT2D eigenvalue weighted by Crippen LogP contribution is -2.40. The molecule has 0 spiro atoms. The largest absolute Gasteiger partial charge is 0.380 e. The van der Waals surface area contributed by atoms with Crippen molar-refractivity contribution in [1.82, 2.24) is 19.9 Å². The fourth-order valence-electron chi connectivity index (χ4n) is 4.95. The van der Waals surface area contributed by atoms with Crippen LogP contribution < -0.4 is 21.4 Å². The summed E-state index contributed by atoms with van der Waals surface area (Å²) in [4.78, 5) is 9.00. The Hall–Kier alpha value is -4.60. The van der Waals surface area contributed by atoms with E-state index in [0.717, 1.165) is 70.8 Å². The van der Waals surface area contributed by atoms with Gasteiger partial charge in [-0.15, -0.1) is 0 Å². The average molecular weight is 537 g/mol. The molecule has 1 atom stereocenters. The van der Waals surface area contributed by atoms with E-state index in [9.17, 15) is 4.39 Å². The molecule has 0 radical (unpaired) electrons. The van der Waals surface area contributed by atoms with Crippen LogP contribution in [0, 0.1) is 5.82 Å². The molecule has 0 bridgehead atoms. The van der Waals surface area contributed by atoms with E-state index < -0.39 is 0 Å². The van der Waals surface area contributed by atoms with Crippen LogP contribution >= 0.6 is 0 Å². The predicted molar refractivity (Wildman–Crippen MR) is 156 cm³/mol. The maximum absolute atomic E-state index is 13.5. The number of halogens is 1. The van der Waals surface area contributed by atoms with Gasteiger partial charge < -0.3 is 25.3 Å². The van der Waals surface area contributed by atoms with E-state index in [2.05, 4.69) is 61.1 Å². The minimum atomic E-state index is -0.256. The van der Waals surface area contributed by atoms with Crippen LogP contribution in [-0.2, 0) is 17.8 Å². The van der Waals surface area contributed by atoms with E-state index >= 15 is 0 Å². The fraction of sp³-hybridized carbons (Fsp3) is 0.194. The average Bonchev–Trinajstić information content (AvgIpc) is 3.45. The molecule has 0 amide bonds. The molecule has 5 N–H and O–H groups in total. The van der Waals surface area contributed by atoms with Crippen molar-refractivity contribution < 1.29 is 14.5 Å². The normalized spacial score (nSPS) is 15.2. The topological polar surface area (TPSA) is 102 Å². The van der Waals surface area contributed by atoms with Gasteiger partial charge in [-0.05, 0) is 65.2 Å². The predicted octanol–water partition coefficient (Wildman–Crippen LogP) is 3.76. The van der Waals surface area contributed by atoms with Gasteiger partial charge in [0.1, 0.15) is 18.0 Å². The molecule has 2 aromatic heterocycles. The second-order valence-electron chi connectivity index (χ2n) is 9.83. The number of hydrogen-bond donors (Lipinski definition) is 4. The number of nitrogens with two attached hydrogens (primary N) is 1. The lowest BCUT2D eigenvalue weighted by Gasteiger charge is -2.23. The van der Waals surface area contributed by atoms with Gasteiger partial charge >= 0.3 is 0 Å². The first-order valence-corrected chi connectivity index (χ1v) is 13.3. The molecule has 6 rings (SSSR count). The molecule has 9 heteroatoms. The minimum Gasteiger partial charge on any atom is -0.380 e. The Morgan fingerprint density at radius 3 is 2.88 bits per heavy atom. The summed E-state index contributed by atoms with van der Waals surface area (Å²) >= 11 is 0. The quantitative estimate of drug-likeness (QED) is 0.214. The summed E-state index contributed by atoms with van der Waals surface area (Å²) in [5.74, 6) is 0.449. The smallest absolute Gasteiger partial charge is 0.169 e. The second kappa shape index (κ2) is 11.6. The highest BCUT2D eigenvalue weighted by molar-refractivity contribution is 5.94. The SMILES string of the molecule is [NH2+]=Cc1cc(Nc2ncnc3ccc(-c4ccn(CC5CNCCO5)c4)cc23)ccc1NCc1cccc(F)c1. The lowest BCUT2D eigenvalue weighted by atomic mass is 10.1. The molecule has 40 heavy (non-hydrogen) atoms. The van der Waals surface area contributed by atoms with Crippen LogP contribution in [0.3, 0.4) is 0 Å². The molecule has 3 heterocycles. The van der Waals surface area contributed by atoms with E-state index in [0.29, 0.717) is 12.4 Å². The molecule has 1 aliphatic rings. The molecule has 1 unspecified atom stereocenters. The van der Waals surface area contributed by atoms with Crippen LogP contribution in [0.1, 0.15) is 11.1 Å². The van der Waals surface area contributed by atoms with Gasteiger partial charge in [0.15, 0.2) is 6.21 Å². The Labute approximate surface area is 231 Å². The van der Waals surface area contributed by atoms with Crippen LogP contribution in [0.25, 0.3) is 22.0 Å². The highest BCUT2D eigenvalue weighted by Crippen LogP contribution is 2.30. The summed E-state index contributed by atoms with van der Waals surface area (Å²) in [5.41, 5.74) is 6.41. The standard InChI is InChI=1S/C31H30FN7O/c32-25-3-1-2-21(12-25)16-35-29-7-5-26(13-24(29)15-33)38-31-28-14-22(4-6-30(28)36-20-37-31)23-8-10-39(18-23)19-27-17-34-9-11-40-27/h1-8,10,12-15,18,20,27,33-35H,9,11,16-17,19H2,(H,36,37,38)/p+1. The molecular formula is C31H31FN7O+. The van der Waals surface area contributed by atoms with Crippen LogP contribution in [0.2, 0.25) is 0 Å². The highest BCUT2D eigenvalue weighted by atomic mass is 19.1. The molecule has 202 valence electrons. The minimum absolute atomic E-state index is 0.174. The molecule has 3 aromatic carbocycles. The number of rotatable bonds is 9. The summed E-state index contributed by atoms with van der Waals surface area (Å²) in [6.07, 6.45) is 7.52. The van der Waals surface area contributed by atoms with E-state index in [4.69, 9.17) is 10.1 Å². The van der Waals surface area contributed by atoms with Crippen molar-refractivity contribution in [3.63, 3.8) is 0 Å². The Balaban J connectivity index is 1.21. The molecule has 1 saturated heterocycles. The van der Waals surface area contributed by atoms with Gasteiger partial charge in [-0.3, -0.25) is 5.41 Å². The van der Waals surface area contributed by atoms with Crippen LogP contribution in [0.4, 0.5) is 21.6 Å². The Morgan fingerprint density at radius 1 is 1.07 bits per heavy atom. The van der Waals surface area contributed by atoms with Crippen molar-refractivity contribution in [2.45, 2.75) is 19.2 Å². The second-order valence-corrected chi connectivity index (χ2v) is 9.83. The monoisotopic (exact) mass is 536 g/mol. The number of anilines is 3. The van der Waals surface area contributed by atoms with Crippen molar-refractivity contribution >= 4 is 34.3 Å². The maximum Gasteiger partial charge on any atom is 0.169 e. The van der Waals surface area contributed by atoms with Gasteiger partial charge in [-0.25, -0.2) is 14.4 Å². The van der Waals surface area contributed by atoms with Gasteiger partial charge in [-0.1, -0.05) is 18.2 Å². The van der Waals surface area contributed by atoms with Crippen LogP contribution in [0.15, 0.2) is 85.5 Å². The molecule has 0 saturated carbocycles. The number of benzene rings is 3. The number of nitrogens with one attached hydrogen (secondary N) is 3. The third-order valence-corrected chi connectivity index (χ3v) is 7.00. The first-order valence-electron chi connectivity index (χ1n) is 13.3. The van der Waals surface area contributed by atoms with Crippen LogP contribution in [-0.4, -0.2) is 46.6 Å². The zero-order chi connectivity index (χ0) is 27.3. The summed E-state index contributed by atoms with van der Waals surface area (Å²) in [5, 5.41) is 17.0. The van der Waals surface area contributed by atoms with Gasteiger partial charge in [0, 0.05) is 55.3 Å². The summed E-state index contributed by atoms with van der Waals surface area (Å²) < 4.78 is 21.6. The maximum atomic E-state index is 13.5. The van der Waals surface area contributed by atoms with Crippen molar-refractivity contribution in [2.75, 3.05) is 30.3 Å². The lowest BCUT2D eigenvalue weighted by molar-refractivity contribution is -0.104. The molecule has 5 aromatic rings. The number of morpholine rings is 1. The summed E-state index contributed by atoms with van der Waals surface area (Å²) in [6.45, 7) is 3.81.